The zero-order valence-corrected chi connectivity index (χ0v) is 18.4. The lowest BCUT2D eigenvalue weighted by Gasteiger charge is -2.25. The second kappa shape index (κ2) is 7.89. The Bertz CT molecular complexity index is 1650. The molecule has 0 radical (unpaired) electrons. The summed E-state index contributed by atoms with van der Waals surface area (Å²) in [5.41, 5.74) is 3.19. The minimum Gasteiger partial charge on any atom is -0.316 e. The molecule has 1 aliphatic rings. The maximum absolute atomic E-state index is 13.0. The highest BCUT2D eigenvalue weighted by molar-refractivity contribution is 6.19. The van der Waals surface area contributed by atoms with Gasteiger partial charge in [0.15, 0.2) is 6.17 Å². The van der Waals surface area contributed by atoms with Crippen LogP contribution in [0.25, 0.3) is 38.4 Å². The summed E-state index contributed by atoms with van der Waals surface area (Å²) in [5.74, 6) is 5.87. The van der Waals surface area contributed by atoms with E-state index in [4.69, 9.17) is 5.84 Å². The van der Waals surface area contributed by atoms with E-state index < -0.39 is 17.9 Å². The third kappa shape index (κ3) is 3.50. The Hall–Kier alpha value is -4.30. The van der Waals surface area contributed by atoms with Crippen LogP contribution in [-0.4, -0.2) is 32.8 Å². The van der Waals surface area contributed by atoms with Gasteiger partial charge in [-0.25, -0.2) is 10.8 Å². The van der Waals surface area contributed by atoms with Crippen molar-refractivity contribution in [3.63, 3.8) is 0 Å². The van der Waals surface area contributed by atoms with E-state index in [1.165, 1.54) is 6.08 Å². The third-order valence-corrected chi connectivity index (χ3v) is 6.28. The van der Waals surface area contributed by atoms with E-state index in [9.17, 15) is 13.2 Å². The number of rotatable bonds is 3. The van der Waals surface area contributed by atoms with Gasteiger partial charge >= 0.3 is 6.18 Å². The van der Waals surface area contributed by atoms with Gasteiger partial charge in [0.05, 0.1) is 28.5 Å². The average molecular weight is 471 g/mol. The second-order valence-electron chi connectivity index (χ2n) is 8.37. The molecule has 3 heterocycles. The van der Waals surface area contributed by atoms with Crippen molar-refractivity contribution in [2.75, 3.05) is 0 Å². The molecule has 8 heteroatoms. The molecule has 0 spiro atoms. The van der Waals surface area contributed by atoms with E-state index >= 15 is 0 Å². The Balaban J connectivity index is 1.51. The van der Waals surface area contributed by atoms with Crippen LogP contribution in [0, 0.1) is 0 Å². The number of benzene rings is 3. The zero-order valence-electron chi connectivity index (χ0n) is 18.4. The molecule has 3 aromatic carbocycles. The number of nitrogens with two attached hydrogens (primary N) is 1. The van der Waals surface area contributed by atoms with Crippen LogP contribution in [0.5, 0.6) is 0 Å². The average Bonchev–Trinajstić information content (AvgIpc) is 3.42. The van der Waals surface area contributed by atoms with Gasteiger partial charge in [0.2, 0.25) is 0 Å². The molecule has 0 saturated carbocycles. The fraction of sp³-hybridized carbons (Fsp3) is 0.0741. The summed E-state index contributed by atoms with van der Waals surface area (Å²) in [4.78, 5) is 4.53. The van der Waals surface area contributed by atoms with Gasteiger partial charge < -0.3 is 4.57 Å². The summed E-state index contributed by atoms with van der Waals surface area (Å²) >= 11 is 0. The van der Waals surface area contributed by atoms with Gasteiger partial charge in [-0.2, -0.15) is 13.2 Å². The number of alkyl halides is 3. The first-order valence-electron chi connectivity index (χ1n) is 11.0. The maximum atomic E-state index is 13.0. The zero-order chi connectivity index (χ0) is 24.2. The Morgan fingerprint density at radius 2 is 1.60 bits per heavy atom. The van der Waals surface area contributed by atoms with Crippen molar-refractivity contribution in [1.82, 2.24) is 14.1 Å². The smallest absolute Gasteiger partial charge is 0.316 e. The first-order valence-corrected chi connectivity index (χ1v) is 11.0. The number of para-hydroxylation sites is 2. The third-order valence-electron chi connectivity index (χ3n) is 6.28. The quantitative estimate of drug-likeness (QED) is 0.195. The van der Waals surface area contributed by atoms with Gasteiger partial charge in [-0.3, -0.25) is 9.58 Å². The minimum atomic E-state index is -4.47. The topological polar surface area (TPSA) is 51.5 Å². The fourth-order valence-corrected chi connectivity index (χ4v) is 4.64. The van der Waals surface area contributed by atoms with Crippen LogP contribution < -0.4 is 5.84 Å². The number of allylic oxidation sites excluding steroid dienone is 2. The van der Waals surface area contributed by atoms with Crippen LogP contribution in [0.4, 0.5) is 13.2 Å². The monoisotopic (exact) mass is 471 g/mol. The number of aliphatic imine (C=N–C) groups is 1. The molecule has 0 fully saturated rings. The van der Waals surface area contributed by atoms with Gasteiger partial charge in [0.1, 0.15) is 0 Å². The molecule has 5 nitrogen and oxygen atoms in total. The summed E-state index contributed by atoms with van der Waals surface area (Å²) in [7, 11) is 0. The van der Waals surface area contributed by atoms with Gasteiger partial charge in [0, 0.05) is 34.2 Å². The van der Waals surface area contributed by atoms with Crippen molar-refractivity contribution in [2.24, 2.45) is 10.8 Å². The van der Waals surface area contributed by atoms with Crippen LogP contribution in [0.3, 0.4) is 0 Å². The molecule has 2 N–H and O–H groups in total. The standard InChI is InChI=1S/C27H20F3N5/c28-27(29,30)18-10-13-25(35(31)16-18)32-17-34-23-9-5-4-8-20(23)21-11-12-24-22(26(21)34)14-15-33(24)19-6-2-1-3-7-19/h1-17,25H,31H2. The van der Waals surface area contributed by atoms with Gasteiger partial charge in [-0.1, -0.05) is 42.5 Å². The lowest BCUT2D eigenvalue weighted by molar-refractivity contribution is -0.0898. The molecule has 0 saturated heterocycles. The van der Waals surface area contributed by atoms with Crippen LogP contribution in [0.2, 0.25) is 0 Å². The molecule has 6 rings (SSSR count). The van der Waals surface area contributed by atoms with Gasteiger partial charge in [-0.05, 0) is 42.5 Å². The molecule has 1 aliphatic heterocycles. The van der Waals surface area contributed by atoms with Gasteiger partial charge in [0.25, 0.3) is 0 Å². The Morgan fingerprint density at radius 3 is 2.37 bits per heavy atom. The predicted octanol–water partition coefficient (Wildman–Crippen LogP) is 6.13. The molecule has 1 atom stereocenters. The Labute approximate surface area is 198 Å². The maximum Gasteiger partial charge on any atom is 0.417 e. The first kappa shape index (κ1) is 21.2. The number of halogens is 3. The summed E-state index contributed by atoms with van der Waals surface area (Å²) in [5, 5.41) is 4.13. The minimum absolute atomic E-state index is 0.759. The molecular weight excluding hydrogens is 451 g/mol. The molecular formula is C27H20F3N5. The fourth-order valence-electron chi connectivity index (χ4n) is 4.64. The number of hydrazine groups is 1. The number of hydrogen-bond donors (Lipinski definition) is 1. The highest BCUT2D eigenvalue weighted by atomic mass is 19.4. The lowest BCUT2D eigenvalue weighted by atomic mass is 10.1. The van der Waals surface area contributed by atoms with Crippen molar-refractivity contribution in [1.29, 1.82) is 0 Å². The molecule has 0 aliphatic carbocycles. The molecule has 35 heavy (non-hydrogen) atoms. The van der Waals surface area contributed by atoms with E-state index in [-0.39, 0.29) is 0 Å². The molecule has 0 bridgehead atoms. The summed E-state index contributed by atoms with van der Waals surface area (Å²) < 4.78 is 43.2. The van der Waals surface area contributed by atoms with Crippen LogP contribution >= 0.6 is 0 Å². The van der Waals surface area contributed by atoms with Gasteiger partial charge in [-0.15, -0.1) is 0 Å². The van der Waals surface area contributed by atoms with E-state index in [1.807, 2.05) is 47.2 Å². The summed E-state index contributed by atoms with van der Waals surface area (Å²) in [6.07, 6.45) is 1.67. The summed E-state index contributed by atoms with van der Waals surface area (Å²) in [6.45, 7) is 0. The van der Waals surface area contributed by atoms with E-state index in [2.05, 4.69) is 46.0 Å². The lowest BCUT2D eigenvalue weighted by Crippen LogP contribution is -2.37. The number of hydrogen-bond acceptors (Lipinski definition) is 3. The molecule has 5 aromatic rings. The van der Waals surface area contributed by atoms with Crippen molar-refractivity contribution in [3.05, 3.63) is 103 Å². The number of fused-ring (bicyclic) bond motifs is 5. The van der Waals surface area contributed by atoms with Crippen LogP contribution in [0.15, 0.2) is 108 Å². The predicted molar refractivity (Wildman–Crippen MR) is 133 cm³/mol. The Morgan fingerprint density at radius 1 is 0.829 bits per heavy atom. The number of aromatic nitrogens is 2. The Kier molecular flexibility index (Phi) is 4.79. The van der Waals surface area contributed by atoms with E-state index in [0.29, 0.717) is 0 Å². The SMILES string of the molecule is NN1C=C(C(F)(F)F)C=CC1N=Cn1c2ccccc2c2ccc3c(ccn3-c3ccccc3)c21. The highest BCUT2D eigenvalue weighted by Crippen LogP contribution is 2.35. The molecule has 174 valence electrons. The summed E-state index contributed by atoms with van der Waals surface area (Å²) in [6, 6.07) is 24.3. The second-order valence-corrected chi connectivity index (χ2v) is 8.37. The van der Waals surface area contributed by atoms with Crippen molar-refractivity contribution < 1.29 is 13.2 Å². The van der Waals surface area contributed by atoms with Crippen molar-refractivity contribution in [3.8, 4) is 5.69 Å². The van der Waals surface area contributed by atoms with Crippen molar-refractivity contribution in [2.45, 2.75) is 12.3 Å². The van der Waals surface area contributed by atoms with Crippen LogP contribution in [-0.2, 0) is 0 Å². The van der Waals surface area contributed by atoms with Crippen LogP contribution in [0.1, 0.15) is 0 Å². The first-order chi connectivity index (χ1) is 16.9. The van der Waals surface area contributed by atoms with E-state index in [1.54, 1.807) is 6.34 Å². The largest absolute Gasteiger partial charge is 0.417 e. The van der Waals surface area contributed by atoms with Crippen molar-refractivity contribution >= 4 is 39.0 Å². The highest BCUT2D eigenvalue weighted by Gasteiger charge is 2.34. The molecule has 1 unspecified atom stereocenters. The normalized spacial score (nSPS) is 16.7. The molecule has 0 amide bonds. The molecule has 2 aromatic heterocycles. The number of nitrogens with zero attached hydrogens (tertiary/aromatic N) is 4. The van der Waals surface area contributed by atoms with E-state index in [0.717, 1.165) is 55.7 Å².